The molecule has 1 fully saturated rings. The highest BCUT2D eigenvalue weighted by Crippen LogP contribution is 2.29. The molecular weight excluding hydrogens is 306 g/mol. The molecule has 0 aromatic heterocycles. The molecule has 0 radical (unpaired) electrons. The Balaban J connectivity index is 2.19. The molecule has 1 aromatic carbocycles. The molecule has 1 aliphatic rings. The smallest absolute Gasteiger partial charge is 0.325 e. The van der Waals surface area contributed by atoms with Crippen molar-refractivity contribution in [2.24, 2.45) is 0 Å². The summed E-state index contributed by atoms with van der Waals surface area (Å²) in [7, 11) is 0. The molecule has 126 valence electrons. The van der Waals surface area contributed by atoms with Crippen LogP contribution in [0.1, 0.15) is 37.8 Å². The van der Waals surface area contributed by atoms with Crippen molar-refractivity contribution < 1.29 is 14.4 Å². The first-order chi connectivity index (χ1) is 11.3. The Morgan fingerprint density at radius 3 is 2.50 bits per heavy atom. The number of terminal acetylenes is 1. The summed E-state index contributed by atoms with van der Waals surface area (Å²) in [6, 6.07) is 6.94. The monoisotopic (exact) mass is 327 g/mol. The normalized spacial score (nSPS) is 20.0. The van der Waals surface area contributed by atoms with Crippen molar-refractivity contribution in [3.8, 4) is 12.3 Å². The molecule has 0 bridgehead atoms. The zero-order valence-corrected chi connectivity index (χ0v) is 14.1. The molecule has 1 aromatic rings. The maximum absolute atomic E-state index is 12.7. The summed E-state index contributed by atoms with van der Waals surface area (Å²) < 4.78 is 0. The number of carbonyl (C=O) groups is 3. The van der Waals surface area contributed by atoms with Crippen molar-refractivity contribution in [1.29, 1.82) is 0 Å². The van der Waals surface area contributed by atoms with Crippen LogP contribution in [0, 0.1) is 12.3 Å². The molecule has 1 atom stereocenters. The lowest BCUT2D eigenvalue weighted by Crippen LogP contribution is -2.43. The second-order valence-electron chi connectivity index (χ2n) is 6.20. The van der Waals surface area contributed by atoms with Crippen LogP contribution in [0.15, 0.2) is 24.3 Å². The van der Waals surface area contributed by atoms with Crippen LogP contribution in [0.2, 0.25) is 0 Å². The van der Waals surface area contributed by atoms with E-state index in [0.717, 1.165) is 10.5 Å². The quantitative estimate of drug-likeness (QED) is 0.632. The summed E-state index contributed by atoms with van der Waals surface area (Å²) in [5.74, 6) is 1.70. The number of hydrogen-bond acceptors (Lipinski definition) is 3. The first-order valence-electron chi connectivity index (χ1n) is 7.74. The maximum atomic E-state index is 12.7. The van der Waals surface area contributed by atoms with Crippen LogP contribution in [0.5, 0.6) is 0 Å². The number of carbonyl (C=O) groups excluding carboxylic acids is 3. The molecule has 4 amide bonds. The molecule has 2 N–H and O–H groups in total. The molecule has 24 heavy (non-hydrogen) atoms. The second-order valence-corrected chi connectivity index (χ2v) is 6.20. The van der Waals surface area contributed by atoms with Crippen molar-refractivity contribution in [2.75, 3.05) is 13.1 Å². The summed E-state index contributed by atoms with van der Waals surface area (Å²) in [6.07, 6.45) is 5.07. The lowest BCUT2D eigenvalue weighted by molar-refractivity contribution is -0.134. The third-order valence-corrected chi connectivity index (χ3v) is 4.12. The van der Waals surface area contributed by atoms with Crippen LogP contribution in [0.3, 0.4) is 0 Å². The Morgan fingerprint density at radius 1 is 1.33 bits per heavy atom. The zero-order valence-electron chi connectivity index (χ0n) is 14.1. The summed E-state index contributed by atoms with van der Waals surface area (Å²) in [5.41, 5.74) is 0.639. The second kappa shape index (κ2) is 6.75. The van der Waals surface area contributed by atoms with Gasteiger partial charge in [-0.25, -0.2) is 4.79 Å². The molecule has 0 aliphatic carbocycles. The molecule has 1 aliphatic heterocycles. The van der Waals surface area contributed by atoms with Crippen LogP contribution in [0.25, 0.3) is 0 Å². The van der Waals surface area contributed by atoms with Gasteiger partial charge in [-0.3, -0.25) is 14.5 Å². The van der Waals surface area contributed by atoms with Gasteiger partial charge in [-0.1, -0.05) is 44.0 Å². The number of nitrogens with zero attached hydrogens (tertiary/aromatic N) is 1. The van der Waals surface area contributed by atoms with Gasteiger partial charge >= 0.3 is 6.03 Å². The van der Waals surface area contributed by atoms with Crippen molar-refractivity contribution in [2.45, 2.75) is 32.2 Å². The minimum Gasteiger partial charge on any atom is -0.344 e. The number of benzene rings is 1. The minimum absolute atomic E-state index is 0.0520. The van der Waals surface area contributed by atoms with Gasteiger partial charge in [0.25, 0.3) is 5.91 Å². The Morgan fingerprint density at radius 2 is 1.96 bits per heavy atom. The van der Waals surface area contributed by atoms with E-state index in [9.17, 15) is 14.4 Å². The van der Waals surface area contributed by atoms with E-state index in [-0.39, 0.29) is 13.1 Å². The van der Waals surface area contributed by atoms with E-state index < -0.39 is 23.4 Å². The molecule has 6 heteroatoms. The molecule has 1 saturated heterocycles. The molecule has 0 unspecified atom stereocenters. The fourth-order valence-corrected chi connectivity index (χ4v) is 2.59. The Hall–Kier alpha value is -2.81. The van der Waals surface area contributed by atoms with Crippen LogP contribution < -0.4 is 10.6 Å². The molecule has 0 spiro atoms. The van der Waals surface area contributed by atoms with Crippen LogP contribution in [-0.2, 0) is 15.1 Å². The summed E-state index contributed by atoms with van der Waals surface area (Å²) in [6.45, 7) is 5.49. The number of amides is 4. The van der Waals surface area contributed by atoms with Gasteiger partial charge in [-0.15, -0.1) is 6.42 Å². The van der Waals surface area contributed by atoms with E-state index in [1.165, 1.54) is 0 Å². The third-order valence-electron chi connectivity index (χ3n) is 4.12. The third kappa shape index (κ3) is 3.25. The highest BCUT2D eigenvalue weighted by molar-refractivity contribution is 6.09. The van der Waals surface area contributed by atoms with E-state index in [1.54, 1.807) is 6.92 Å². The lowest BCUT2D eigenvalue weighted by Gasteiger charge is -2.22. The van der Waals surface area contributed by atoms with Gasteiger partial charge in [-0.05, 0) is 24.0 Å². The molecule has 2 rings (SSSR count). The van der Waals surface area contributed by atoms with Gasteiger partial charge in [0, 0.05) is 0 Å². The average molecular weight is 327 g/mol. The first kappa shape index (κ1) is 17.5. The molecule has 6 nitrogen and oxygen atoms in total. The van der Waals surface area contributed by atoms with Gasteiger partial charge in [0.2, 0.25) is 5.91 Å². The number of rotatable bonds is 5. The lowest BCUT2D eigenvalue weighted by atomic mass is 9.90. The predicted molar refractivity (Wildman–Crippen MR) is 90.0 cm³/mol. The predicted octanol–water partition coefficient (Wildman–Crippen LogP) is 1.33. The van der Waals surface area contributed by atoms with E-state index in [0.29, 0.717) is 11.5 Å². The summed E-state index contributed by atoms with van der Waals surface area (Å²) in [5, 5.41) is 5.11. The summed E-state index contributed by atoms with van der Waals surface area (Å²) in [4.78, 5) is 37.5. The Bertz CT molecular complexity index is 703. The zero-order chi connectivity index (χ0) is 17.9. The van der Waals surface area contributed by atoms with Crippen LogP contribution >= 0.6 is 0 Å². The van der Waals surface area contributed by atoms with Crippen LogP contribution in [-0.4, -0.2) is 35.8 Å². The number of urea groups is 1. The van der Waals surface area contributed by atoms with Gasteiger partial charge in [-0.2, -0.15) is 0 Å². The average Bonchev–Trinajstić information content (AvgIpc) is 2.77. The number of hydrogen-bond donors (Lipinski definition) is 2. The largest absolute Gasteiger partial charge is 0.344 e. The van der Waals surface area contributed by atoms with Crippen molar-refractivity contribution >= 4 is 17.8 Å². The fourth-order valence-electron chi connectivity index (χ4n) is 2.59. The first-order valence-corrected chi connectivity index (χ1v) is 7.74. The topological polar surface area (TPSA) is 78.5 Å². The standard InChI is InChI=1S/C18H21N3O3/c1-5-10-19-15(22)11-21-16(23)18(4,20-17(21)24)14-8-6-13(7-9-14)12(2)3/h1,6-9,12H,10-11H2,2-4H3,(H,19,22)(H,20,24)/t18-/m0/s1. The van der Waals surface area contributed by atoms with Gasteiger partial charge < -0.3 is 10.6 Å². The van der Waals surface area contributed by atoms with E-state index >= 15 is 0 Å². The molecule has 1 heterocycles. The molecule has 0 saturated carbocycles. The Labute approximate surface area is 141 Å². The van der Waals surface area contributed by atoms with Gasteiger partial charge in [0.05, 0.1) is 6.54 Å². The maximum Gasteiger partial charge on any atom is 0.325 e. The minimum atomic E-state index is -1.18. The highest BCUT2D eigenvalue weighted by atomic mass is 16.2. The SMILES string of the molecule is C#CCNC(=O)CN1C(=O)N[C@@](C)(c2ccc(C(C)C)cc2)C1=O. The highest BCUT2D eigenvalue weighted by Gasteiger charge is 2.49. The molecular formula is C18H21N3O3. The van der Waals surface area contributed by atoms with Crippen molar-refractivity contribution in [1.82, 2.24) is 15.5 Å². The Kier molecular flexibility index (Phi) is 4.93. The van der Waals surface area contributed by atoms with Gasteiger partial charge in [0.1, 0.15) is 12.1 Å². The van der Waals surface area contributed by atoms with Crippen molar-refractivity contribution in [3.05, 3.63) is 35.4 Å². The van der Waals surface area contributed by atoms with E-state index in [1.807, 2.05) is 24.3 Å². The van der Waals surface area contributed by atoms with Gasteiger partial charge in [0.15, 0.2) is 0 Å². The van der Waals surface area contributed by atoms with E-state index in [4.69, 9.17) is 6.42 Å². The number of imide groups is 1. The summed E-state index contributed by atoms with van der Waals surface area (Å²) >= 11 is 0. The number of nitrogens with one attached hydrogen (secondary N) is 2. The fraction of sp³-hybridized carbons (Fsp3) is 0.389. The van der Waals surface area contributed by atoms with Crippen LogP contribution in [0.4, 0.5) is 4.79 Å². The van der Waals surface area contributed by atoms with E-state index in [2.05, 4.69) is 30.4 Å². The van der Waals surface area contributed by atoms with Crippen molar-refractivity contribution in [3.63, 3.8) is 0 Å².